The maximum absolute atomic E-state index is 4.65. The molecule has 108 valence electrons. The van der Waals surface area contributed by atoms with Crippen LogP contribution in [0.15, 0.2) is 18.2 Å². The van der Waals surface area contributed by atoms with Gasteiger partial charge >= 0.3 is 0 Å². The Bertz CT molecular complexity index is 597. The van der Waals surface area contributed by atoms with Gasteiger partial charge in [0.05, 0.1) is 5.69 Å². The lowest BCUT2D eigenvalue weighted by molar-refractivity contribution is 0.634. The third-order valence-electron chi connectivity index (χ3n) is 3.78. The van der Waals surface area contributed by atoms with Crippen LogP contribution in [0.5, 0.6) is 0 Å². The van der Waals surface area contributed by atoms with Crippen LogP contribution in [0, 0.1) is 20.8 Å². The van der Waals surface area contributed by atoms with Crippen LogP contribution in [0.1, 0.15) is 36.4 Å². The van der Waals surface area contributed by atoms with E-state index in [1.807, 2.05) is 0 Å². The summed E-state index contributed by atoms with van der Waals surface area (Å²) in [5, 5.41) is 8.08. The second-order valence-corrected chi connectivity index (χ2v) is 5.30. The first kappa shape index (κ1) is 14.8. The molecule has 1 aromatic heterocycles. The average Bonchev–Trinajstić information content (AvgIpc) is 2.72. The average molecular weight is 271 g/mol. The number of nitrogens with one attached hydrogen (secondary N) is 1. The Morgan fingerprint density at radius 1 is 1.15 bits per heavy atom. The zero-order chi connectivity index (χ0) is 14.7. The largest absolute Gasteiger partial charge is 0.313 e. The second kappa shape index (κ2) is 6.23. The number of aryl methyl sites for hydroxylation is 3. The van der Waals surface area contributed by atoms with Crippen molar-refractivity contribution in [1.82, 2.24) is 15.1 Å². The van der Waals surface area contributed by atoms with E-state index in [-0.39, 0.29) is 0 Å². The summed E-state index contributed by atoms with van der Waals surface area (Å²) in [6.45, 7) is 13.5. The van der Waals surface area contributed by atoms with Gasteiger partial charge in [-0.2, -0.15) is 5.10 Å². The highest BCUT2D eigenvalue weighted by Gasteiger charge is 2.15. The molecule has 0 spiro atoms. The van der Waals surface area contributed by atoms with Gasteiger partial charge in [-0.05, 0) is 45.4 Å². The lowest BCUT2D eigenvalue weighted by atomic mass is 9.96. The van der Waals surface area contributed by atoms with E-state index in [2.05, 4.69) is 67.9 Å². The van der Waals surface area contributed by atoms with Gasteiger partial charge in [0.25, 0.3) is 0 Å². The van der Waals surface area contributed by atoms with Gasteiger partial charge in [0.1, 0.15) is 0 Å². The zero-order valence-electron chi connectivity index (χ0n) is 13.2. The molecule has 0 aliphatic carbocycles. The van der Waals surface area contributed by atoms with Crippen LogP contribution < -0.4 is 5.32 Å². The molecule has 3 nitrogen and oxygen atoms in total. The van der Waals surface area contributed by atoms with Gasteiger partial charge in [-0.3, -0.25) is 4.68 Å². The van der Waals surface area contributed by atoms with Crippen molar-refractivity contribution in [1.29, 1.82) is 0 Å². The minimum Gasteiger partial charge on any atom is -0.313 e. The Labute approximate surface area is 122 Å². The first-order chi connectivity index (χ1) is 9.58. The summed E-state index contributed by atoms with van der Waals surface area (Å²) in [5.74, 6) is 0. The molecule has 0 saturated carbocycles. The first-order valence-corrected chi connectivity index (χ1v) is 7.43. The number of nitrogens with zero attached hydrogens (tertiary/aromatic N) is 2. The maximum atomic E-state index is 4.65. The Hall–Kier alpha value is -1.61. The quantitative estimate of drug-likeness (QED) is 0.900. The van der Waals surface area contributed by atoms with E-state index in [0.29, 0.717) is 0 Å². The van der Waals surface area contributed by atoms with Gasteiger partial charge in [-0.15, -0.1) is 0 Å². The molecule has 0 radical (unpaired) electrons. The van der Waals surface area contributed by atoms with E-state index in [1.54, 1.807) is 0 Å². The first-order valence-electron chi connectivity index (χ1n) is 7.43. The lowest BCUT2D eigenvalue weighted by Crippen LogP contribution is -2.12. The molecule has 0 unspecified atom stereocenters. The van der Waals surface area contributed by atoms with Gasteiger partial charge in [0.2, 0.25) is 0 Å². The molecule has 0 saturated heterocycles. The molecule has 1 heterocycles. The van der Waals surface area contributed by atoms with Gasteiger partial charge in [0, 0.05) is 24.3 Å². The fourth-order valence-corrected chi connectivity index (χ4v) is 2.73. The summed E-state index contributed by atoms with van der Waals surface area (Å²) in [5.41, 5.74) is 7.63. The molecule has 3 heteroatoms. The number of hydrogen-bond donors (Lipinski definition) is 1. The molecule has 1 aromatic carbocycles. The van der Waals surface area contributed by atoms with Crippen LogP contribution >= 0.6 is 0 Å². The van der Waals surface area contributed by atoms with Crippen LogP contribution in [-0.2, 0) is 13.1 Å². The zero-order valence-corrected chi connectivity index (χ0v) is 13.2. The molecule has 2 rings (SSSR count). The van der Waals surface area contributed by atoms with E-state index in [1.165, 1.54) is 27.9 Å². The molecule has 0 bridgehead atoms. The van der Waals surface area contributed by atoms with Crippen molar-refractivity contribution in [3.63, 3.8) is 0 Å². The highest BCUT2D eigenvalue weighted by molar-refractivity contribution is 5.72. The highest BCUT2D eigenvalue weighted by Crippen LogP contribution is 2.30. The van der Waals surface area contributed by atoms with Crippen LogP contribution in [0.25, 0.3) is 11.1 Å². The molecular formula is C17H25N3. The van der Waals surface area contributed by atoms with Crippen molar-refractivity contribution in [3.8, 4) is 11.1 Å². The van der Waals surface area contributed by atoms with Gasteiger partial charge in [-0.1, -0.05) is 30.7 Å². The summed E-state index contributed by atoms with van der Waals surface area (Å²) in [6.07, 6.45) is 0. The maximum Gasteiger partial charge on any atom is 0.0675 e. The summed E-state index contributed by atoms with van der Waals surface area (Å²) >= 11 is 0. The van der Waals surface area contributed by atoms with Crippen LogP contribution in [0.2, 0.25) is 0 Å². The van der Waals surface area contributed by atoms with Crippen LogP contribution in [0.3, 0.4) is 0 Å². The van der Waals surface area contributed by atoms with Gasteiger partial charge in [-0.25, -0.2) is 0 Å². The third kappa shape index (κ3) is 2.78. The molecule has 0 aliphatic rings. The summed E-state index contributed by atoms with van der Waals surface area (Å²) < 4.78 is 2.09. The van der Waals surface area contributed by atoms with Crippen molar-refractivity contribution in [2.75, 3.05) is 6.54 Å². The molecule has 0 aliphatic heterocycles. The molecule has 2 aromatic rings. The van der Waals surface area contributed by atoms with Crippen molar-refractivity contribution in [2.45, 2.75) is 47.7 Å². The molecular weight excluding hydrogens is 246 g/mol. The topological polar surface area (TPSA) is 29.9 Å². The van der Waals surface area contributed by atoms with Gasteiger partial charge in [0.15, 0.2) is 0 Å². The summed E-state index contributed by atoms with van der Waals surface area (Å²) in [6, 6.07) is 6.70. The fourth-order valence-electron chi connectivity index (χ4n) is 2.73. The van der Waals surface area contributed by atoms with E-state index in [0.717, 1.165) is 25.3 Å². The van der Waals surface area contributed by atoms with Crippen LogP contribution in [0.4, 0.5) is 0 Å². The number of hydrogen-bond acceptors (Lipinski definition) is 2. The van der Waals surface area contributed by atoms with E-state index in [4.69, 9.17) is 0 Å². The van der Waals surface area contributed by atoms with Crippen molar-refractivity contribution < 1.29 is 0 Å². The lowest BCUT2D eigenvalue weighted by Gasteiger charge is -2.12. The van der Waals surface area contributed by atoms with E-state index >= 15 is 0 Å². The Morgan fingerprint density at radius 2 is 1.90 bits per heavy atom. The Morgan fingerprint density at radius 3 is 2.50 bits per heavy atom. The predicted molar refractivity (Wildman–Crippen MR) is 84.9 cm³/mol. The van der Waals surface area contributed by atoms with Gasteiger partial charge < -0.3 is 5.32 Å². The Balaban J connectivity index is 2.56. The summed E-state index contributed by atoms with van der Waals surface area (Å²) in [7, 11) is 0. The standard InChI is InChI=1S/C17H25N3/c1-6-18-11-15-9-8-12(3)10-16(15)17-13(4)19-20(7-2)14(17)5/h8-10,18H,6-7,11H2,1-5H3. The number of benzene rings is 1. The summed E-state index contributed by atoms with van der Waals surface area (Å²) in [4.78, 5) is 0. The van der Waals surface area contributed by atoms with Crippen molar-refractivity contribution in [3.05, 3.63) is 40.7 Å². The number of aromatic nitrogens is 2. The minimum absolute atomic E-state index is 0.905. The normalized spacial score (nSPS) is 11.1. The molecule has 1 N–H and O–H groups in total. The number of rotatable bonds is 5. The predicted octanol–water partition coefficient (Wildman–Crippen LogP) is 3.60. The van der Waals surface area contributed by atoms with E-state index < -0.39 is 0 Å². The van der Waals surface area contributed by atoms with Crippen LogP contribution in [-0.4, -0.2) is 16.3 Å². The molecule has 0 amide bonds. The molecule has 0 atom stereocenters. The van der Waals surface area contributed by atoms with E-state index in [9.17, 15) is 0 Å². The minimum atomic E-state index is 0.905. The van der Waals surface area contributed by atoms with Crippen molar-refractivity contribution >= 4 is 0 Å². The SMILES string of the molecule is CCNCc1ccc(C)cc1-c1c(C)nn(CC)c1C. The van der Waals surface area contributed by atoms with Crippen molar-refractivity contribution in [2.24, 2.45) is 0 Å². The fraction of sp³-hybridized carbons (Fsp3) is 0.471. The molecule has 20 heavy (non-hydrogen) atoms. The smallest absolute Gasteiger partial charge is 0.0675 e. The monoisotopic (exact) mass is 271 g/mol. The highest BCUT2D eigenvalue weighted by atomic mass is 15.3. The second-order valence-electron chi connectivity index (χ2n) is 5.30. The third-order valence-corrected chi connectivity index (χ3v) is 3.78. The molecule has 0 fully saturated rings. The Kier molecular flexibility index (Phi) is 4.61.